The molecule has 156 valence electrons. The molecule has 8 heteroatoms. The smallest absolute Gasteiger partial charge is 0.271 e. The van der Waals surface area contributed by atoms with Gasteiger partial charge in [-0.15, -0.1) is 0 Å². The van der Waals surface area contributed by atoms with E-state index in [9.17, 15) is 13.2 Å². The van der Waals surface area contributed by atoms with Crippen molar-refractivity contribution in [3.05, 3.63) is 95.0 Å². The summed E-state index contributed by atoms with van der Waals surface area (Å²) in [5.74, 6) is -0.504. The predicted molar refractivity (Wildman–Crippen MR) is 119 cm³/mol. The Kier molecular flexibility index (Phi) is 6.77. The number of halogens is 1. The predicted octanol–water partition coefficient (Wildman–Crippen LogP) is 3.94. The van der Waals surface area contributed by atoms with Gasteiger partial charge >= 0.3 is 0 Å². The number of hydrogen-bond donors (Lipinski definition) is 1. The van der Waals surface area contributed by atoms with Crippen LogP contribution >= 0.6 is 11.6 Å². The van der Waals surface area contributed by atoms with Gasteiger partial charge in [-0.1, -0.05) is 60.1 Å². The van der Waals surface area contributed by atoms with Crippen molar-refractivity contribution in [3.8, 4) is 0 Å². The molecule has 3 aromatic rings. The monoisotopic (exact) mass is 443 g/mol. The Morgan fingerprint density at radius 2 is 1.53 bits per heavy atom. The molecule has 0 aliphatic carbocycles. The second-order valence-electron chi connectivity index (χ2n) is 6.78. The first kappa shape index (κ1) is 21.8. The Morgan fingerprint density at radius 3 is 2.13 bits per heavy atom. The van der Waals surface area contributed by atoms with Crippen molar-refractivity contribution in [1.29, 1.82) is 0 Å². The molecule has 0 heterocycles. The molecule has 6 nitrogen and oxygen atoms in total. The molecule has 30 heavy (non-hydrogen) atoms. The molecule has 0 saturated heterocycles. The highest BCUT2D eigenvalue weighted by molar-refractivity contribution is 7.89. The zero-order valence-corrected chi connectivity index (χ0v) is 18.2. The molecule has 0 spiro atoms. The quantitative estimate of drug-likeness (QED) is 0.561. The zero-order valence-electron chi connectivity index (χ0n) is 16.6. The van der Waals surface area contributed by atoms with Crippen molar-refractivity contribution < 1.29 is 13.2 Å². The maximum absolute atomic E-state index is 13.0. The Labute approximate surface area is 181 Å². The lowest BCUT2D eigenvalue weighted by Gasteiger charge is -2.26. The molecule has 1 amide bonds. The molecule has 0 aliphatic heterocycles. The molecule has 0 radical (unpaired) electrons. The minimum atomic E-state index is -3.70. The first-order valence-corrected chi connectivity index (χ1v) is 11.0. The van der Waals surface area contributed by atoms with Gasteiger partial charge in [-0.2, -0.15) is 0 Å². The van der Waals surface area contributed by atoms with Crippen LogP contribution in [0.3, 0.4) is 0 Å². The second kappa shape index (κ2) is 9.30. The highest BCUT2D eigenvalue weighted by Crippen LogP contribution is 2.23. The lowest BCUT2D eigenvalue weighted by molar-refractivity contribution is 0.0948. The summed E-state index contributed by atoms with van der Waals surface area (Å²) < 4.78 is 26.0. The van der Waals surface area contributed by atoms with Crippen LogP contribution in [0.4, 0.5) is 5.69 Å². The maximum Gasteiger partial charge on any atom is 0.271 e. The number of rotatable bonds is 7. The minimum Gasteiger partial charge on any atom is -0.281 e. The van der Waals surface area contributed by atoms with Crippen LogP contribution in [0.5, 0.6) is 0 Å². The van der Waals surface area contributed by atoms with Gasteiger partial charge in [0, 0.05) is 14.1 Å². The van der Waals surface area contributed by atoms with Crippen molar-refractivity contribution >= 4 is 33.2 Å². The van der Waals surface area contributed by atoms with Crippen molar-refractivity contribution in [1.82, 2.24) is 9.73 Å². The fourth-order valence-corrected chi connectivity index (χ4v) is 3.93. The summed E-state index contributed by atoms with van der Waals surface area (Å²) in [7, 11) is -0.835. The molecular weight excluding hydrogens is 422 g/mol. The van der Waals surface area contributed by atoms with E-state index < -0.39 is 15.9 Å². The van der Waals surface area contributed by atoms with Crippen LogP contribution < -0.4 is 10.4 Å². The summed E-state index contributed by atoms with van der Waals surface area (Å²) in [5.41, 5.74) is 4.70. The van der Waals surface area contributed by atoms with Gasteiger partial charge in [0.25, 0.3) is 5.91 Å². The van der Waals surface area contributed by atoms with Crippen LogP contribution in [0.15, 0.2) is 83.8 Å². The minimum absolute atomic E-state index is 0.00336. The summed E-state index contributed by atoms with van der Waals surface area (Å²) in [6.45, 7) is 0.421. The lowest BCUT2D eigenvalue weighted by atomic mass is 10.2. The van der Waals surface area contributed by atoms with Gasteiger partial charge in [0.1, 0.15) is 0 Å². The average Bonchev–Trinajstić information content (AvgIpc) is 2.74. The fourth-order valence-electron chi connectivity index (χ4n) is 2.80. The molecule has 0 unspecified atom stereocenters. The standard InChI is InChI=1S/C22H22ClN3O3S/c1-25(2)30(28,29)19-13-14-21(23)20(15-19)22(27)24-26(18-11-7-4-8-12-18)16-17-9-5-3-6-10-17/h3-15H,16H2,1-2H3,(H,24,27). The van der Waals surface area contributed by atoms with Crippen LogP contribution in [0, 0.1) is 0 Å². The number of benzene rings is 3. The van der Waals surface area contributed by atoms with Crippen molar-refractivity contribution in [3.63, 3.8) is 0 Å². The second-order valence-corrected chi connectivity index (χ2v) is 9.34. The van der Waals surface area contributed by atoms with E-state index >= 15 is 0 Å². The highest BCUT2D eigenvalue weighted by atomic mass is 35.5. The molecule has 3 aromatic carbocycles. The Balaban J connectivity index is 1.93. The van der Waals surface area contributed by atoms with E-state index in [1.807, 2.05) is 60.7 Å². The van der Waals surface area contributed by atoms with Gasteiger partial charge in [-0.3, -0.25) is 15.2 Å². The third-order valence-electron chi connectivity index (χ3n) is 4.45. The average molecular weight is 444 g/mol. The van der Waals surface area contributed by atoms with Gasteiger partial charge in [0.15, 0.2) is 0 Å². The molecular formula is C22H22ClN3O3S. The molecule has 0 aromatic heterocycles. The number of carbonyl (C=O) groups is 1. The van der Waals surface area contributed by atoms with Crippen molar-refractivity contribution in [2.45, 2.75) is 11.4 Å². The number of amides is 1. The first-order chi connectivity index (χ1) is 14.3. The molecule has 1 N–H and O–H groups in total. The Morgan fingerprint density at radius 1 is 0.933 bits per heavy atom. The SMILES string of the molecule is CN(C)S(=O)(=O)c1ccc(Cl)c(C(=O)NN(Cc2ccccc2)c2ccccc2)c1. The van der Waals surface area contributed by atoms with Gasteiger partial charge in [0.05, 0.1) is 27.7 Å². The lowest BCUT2D eigenvalue weighted by Crippen LogP contribution is -2.42. The summed E-state index contributed by atoms with van der Waals surface area (Å²) in [4.78, 5) is 13.0. The van der Waals surface area contributed by atoms with E-state index in [1.165, 1.54) is 32.3 Å². The zero-order chi connectivity index (χ0) is 21.7. The third-order valence-corrected chi connectivity index (χ3v) is 6.59. The van der Waals surface area contributed by atoms with Gasteiger partial charge < -0.3 is 0 Å². The third kappa shape index (κ3) is 4.99. The van der Waals surface area contributed by atoms with E-state index in [4.69, 9.17) is 11.6 Å². The molecule has 3 rings (SSSR count). The first-order valence-electron chi connectivity index (χ1n) is 9.18. The van der Waals surface area contributed by atoms with Crippen molar-refractivity contribution in [2.24, 2.45) is 0 Å². The fraction of sp³-hybridized carbons (Fsp3) is 0.136. The van der Waals surface area contributed by atoms with Gasteiger partial charge in [-0.05, 0) is 35.9 Å². The number of nitrogens with one attached hydrogen (secondary N) is 1. The van der Waals surface area contributed by atoms with Crippen LogP contribution in [0.1, 0.15) is 15.9 Å². The number of sulfonamides is 1. The molecule has 0 bridgehead atoms. The summed E-state index contributed by atoms with van der Waals surface area (Å²) in [5, 5.41) is 1.86. The van der Waals surface area contributed by atoms with E-state index in [2.05, 4.69) is 5.43 Å². The molecule has 0 atom stereocenters. The van der Waals surface area contributed by atoms with Crippen LogP contribution in [0.2, 0.25) is 5.02 Å². The number of anilines is 1. The highest BCUT2D eigenvalue weighted by Gasteiger charge is 2.22. The van der Waals surface area contributed by atoms with E-state index in [0.717, 1.165) is 15.6 Å². The van der Waals surface area contributed by atoms with E-state index in [0.29, 0.717) is 6.54 Å². The largest absolute Gasteiger partial charge is 0.281 e. The van der Waals surface area contributed by atoms with Gasteiger partial charge in [0.2, 0.25) is 10.0 Å². The van der Waals surface area contributed by atoms with Crippen molar-refractivity contribution in [2.75, 3.05) is 19.1 Å². The van der Waals surface area contributed by atoms with Crippen LogP contribution in [0.25, 0.3) is 0 Å². The summed E-state index contributed by atoms with van der Waals surface area (Å²) in [6.07, 6.45) is 0. The number of para-hydroxylation sites is 1. The number of nitrogens with zero attached hydrogens (tertiary/aromatic N) is 2. The number of hydrazine groups is 1. The van der Waals surface area contributed by atoms with Crippen LogP contribution in [-0.2, 0) is 16.6 Å². The Bertz CT molecular complexity index is 1120. The van der Waals surface area contributed by atoms with E-state index in [1.54, 1.807) is 5.01 Å². The van der Waals surface area contributed by atoms with Gasteiger partial charge in [-0.25, -0.2) is 12.7 Å². The summed E-state index contributed by atoms with van der Waals surface area (Å²) >= 11 is 6.22. The maximum atomic E-state index is 13.0. The molecule has 0 saturated carbocycles. The Hall–Kier alpha value is -2.87. The summed E-state index contributed by atoms with van der Waals surface area (Å²) in [6, 6.07) is 23.1. The normalized spacial score (nSPS) is 11.3. The molecule has 0 fully saturated rings. The molecule has 0 aliphatic rings. The number of hydrogen-bond acceptors (Lipinski definition) is 4. The van der Waals surface area contributed by atoms with E-state index in [-0.39, 0.29) is 15.5 Å². The number of carbonyl (C=O) groups excluding carboxylic acids is 1. The van der Waals surface area contributed by atoms with Crippen LogP contribution in [-0.4, -0.2) is 32.7 Å². The topological polar surface area (TPSA) is 69.7 Å².